The minimum Gasteiger partial charge on any atom is -0.455 e. The maximum atomic E-state index is 11.2. The lowest BCUT2D eigenvalue weighted by Crippen LogP contribution is -2.36. The van der Waals surface area contributed by atoms with E-state index in [2.05, 4.69) is 4.90 Å². The summed E-state index contributed by atoms with van der Waals surface area (Å²) in [4.78, 5) is 13.5. The SMILES string of the molecule is NNC(=O)c1ccc(CN2CCCC(CO)C2)o1. The monoisotopic (exact) mass is 253 g/mol. The van der Waals surface area contributed by atoms with Gasteiger partial charge in [0, 0.05) is 13.2 Å². The van der Waals surface area contributed by atoms with Crippen molar-refractivity contribution in [1.29, 1.82) is 0 Å². The highest BCUT2D eigenvalue weighted by Gasteiger charge is 2.20. The van der Waals surface area contributed by atoms with Gasteiger partial charge < -0.3 is 9.52 Å². The maximum absolute atomic E-state index is 11.2. The highest BCUT2D eigenvalue weighted by molar-refractivity contribution is 5.90. The zero-order valence-electron chi connectivity index (χ0n) is 10.3. The second kappa shape index (κ2) is 5.99. The van der Waals surface area contributed by atoms with Crippen molar-refractivity contribution in [3.63, 3.8) is 0 Å². The fraction of sp³-hybridized carbons (Fsp3) is 0.583. The quantitative estimate of drug-likeness (QED) is 0.402. The Morgan fingerprint density at radius 2 is 2.44 bits per heavy atom. The number of likely N-dealkylation sites (tertiary alicyclic amines) is 1. The third kappa shape index (κ3) is 3.10. The highest BCUT2D eigenvalue weighted by atomic mass is 16.4. The van der Waals surface area contributed by atoms with Crippen LogP contribution in [0.4, 0.5) is 0 Å². The van der Waals surface area contributed by atoms with Crippen LogP contribution < -0.4 is 11.3 Å². The van der Waals surface area contributed by atoms with E-state index in [0.29, 0.717) is 12.5 Å². The number of aliphatic hydroxyl groups is 1. The van der Waals surface area contributed by atoms with E-state index in [0.717, 1.165) is 31.7 Å². The van der Waals surface area contributed by atoms with Crippen LogP contribution in [-0.4, -0.2) is 35.6 Å². The Balaban J connectivity index is 1.92. The average molecular weight is 253 g/mol. The summed E-state index contributed by atoms with van der Waals surface area (Å²) in [5, 5.41) is 9.17. The lowest BCUT2D eigenvalue weighted by atomic mass is 9.99. The van der Waals surface area contributed by atoms with Crippen molar-refractivity contribution < 1.29 is 14.3 Å². The van der Waals surface area contributed by atoms with Crippen LogP contribution in [0, 0.1) is 5.92 Å². The van der Waals surface area contributed by atoms with Gasteiger partial charge >= 0.3 is 5.91 Å². The number of hydrazine groups is 1. The first kappa shape index (κ1) is 13.1. The molecular weight excluding hydrogens is 234 g/mol. The van der Waals surface area contributed by atoms with Crippen LogP contribution in [0.1, 0.15) is 29.2 Å². The molecule has 0 aliphatic carbocycles. The van der Waals surface area contributed by atoms with E-state index in [4.69, 9.17) is 15.4 Å². The molecule has 2 heterocycles. The van der Waals surface area contributed by atoms with Gasteiger partial charge in [-0.2, -0.15) is 0 Å². The van der Waals surface area contributed by atoms with E-state index in [-0.39, 0.29) is 12.4 Å². The first-order valence-electron chi connectivity index (χ1n) is 6.15. The van der Waals surface area contributed by atoms with E-state index in [1.54, 1.807) is 12.1 Å². The molecule has 4 N–H and O–H groups in total. The van der Waals surface area contributed by atoms with Gasteiger partial charge in [0.05, 0.1) is 6.54 Å². The number of nitrogens with one attached hydrogen (secondary N) is 1. The van der Waals surface area contributed by atoms with Gasteiger partial charge in [0.1, 0.15) is 5.76 Å². The Kier molecular flexibility index (Phi) is 4.35. The zero-order valence-corrected chi connectivity index (χ0v) is 10.3. The Bertz CT molecular complexity index is 405. The first-order valence-corrected chi connectivity index (χ1v) is 6.15. The third-order valence-corrected chi connectivity index (χ3v) is 3.26. The van der Waals surface area contributed by atoms with E-state index >= 15 is 0 Å². The third-order valence-electron chi connectivity index (χ3n) is 3.26. The molecule has 0 bridgehead atoms. The molecule has 18 heavy (non-hydrogen) atoms. The minimum absolute atomic E-state index is 0.225. The van der Waals surface area contributed by atoms with Crippen molar-refractivity contribution in [3.05, 3.63) is 23.7 Å². The number of nitrogen functional groups attached to an aromatic ring is 1. The molecule has 100 valence electrons. The van der Waals surface area contributed by atoms with Crippen molar-refractivity contribution in [2.24, 2.45) is 11.8 Å². The number of carbonyl (C=O) groups is 1. The van der Waals surface area contributed by atoms with E-state index in [1.807, 2.05) is 5.43 Å². The number of nitrogens with zero attached hydrogens (tertiary/aromatic N) is 1. The van der Waals surface area contributed by atoms with Gasteiger partial charge in [-0.05, 0) is 37.4 Å². The fourth-order valence-electron chi connectivity index (χ4n) is 2.32. The summed E-state index contributed by atoms with van der Waals surface area (Å²) in [5.74, 6) is 5.93. The van der Waals surface area contributed by atoms with Crippen LogP contribution in [0.25, 0.3) is 0 Å². The van der Waals surface area contributed by atoms with Crippen LogP contribution in [-0.2, 0) is 6.54 Å². The lowest BCUT2D eigenvalue weighted by molar-refractivity contribution is 0.0914. The number of rotatable bonds is 4. The van der Waals surface area contributed by atoms with E-state index in [1.165, 1.54) is 0 Å². The molecular formula is C12H19N3O3. The number of carbonyl (C=O) groups excluding carboxylic acids is 1. The Labute approximate surface area is 106 Å². The van der Waals surface area contributed by atoms with Crippen molar-refractivity contribution in [1.82, 2.24) is 10.3 Å². The molecule has 6 heteroatoms. The maximum Gasteiger partial charge on any atom is 0.300 e. The molecule has 0 radical (unpaired) electrons. The van der Waals surface area contributed by atoms with Gasteiger partial charge in [-0.15, -0.1) is 0 Å². The van der Waals surface area contributed by atoms with Crippen molar-refractivity contribution in [2.75, 3.05) is 19.7 Å². The number of amides is 1. The fourth-order valence-corrected chi connectivity index (χ4v) is 2.32. The smallest absolute Gasteiger partial charge is 0.300 e. The molecule has 1 saturated heterocycles. The Morgan fingerprint density at radius 1 is 1.61 bits per heavy atom. The minimum atomic E-state index is -0.423. The van der Waals surface area contributed by atoms with E-state index < -0.39 is 5.91 Å². The predicted octanol–water partition coefficient (Wildman–Crippen LogP) is 0.0874. The number of piperidine rings is 1. The van der Waals surface area contributed by atoms with Crippen LogP contribution in [0.2, 0.25) is 0 Å². The molecule has 1 amide bonds. The van der Waals surface area contributed by atoms with Gasteiger partial charge in [0.25, 0.3) is 0 Å². The molecule has 6 nitrogen and oxygen atoms in total. The summed E-state index contributed by atoms with van der Waals surface area (Å²) in [6, 6.07) is 3.40. The molecule has 1 fully saturated rings. The molecule has 0 saturated carbocycles. The lowest BCUT2D eigenvalue weighted by Gasteiger charge is -2.30. The Morgan fingerprint density at radius 3 is 3.17 bits per heavy atom. The second-order valence-corrected chi connectivity index (χ2v) is 4.67. The summed E-state index contributed by atoms with van der Waals surface area (Å²) in [5.41, 5.74) is 2.04. The number of hydrogen-bond acceptors (Lipinski definition) is 5. The molecule has 1 aromatic heterocycles. The molecule has 1 unspecified atom stereocenters. The number of furan rings is 1. The molecule has 1 aromatic rings. The first-order chi connectivity index (χ1) is 8.72. The van der Waals surface area contributed by atoms with Crippen molar-refractivity contribution in [3.8, 4) is 0 Å². The largest absolute Gasteiger partial charge is 0.455 e. The molecule has 1 atom stereocenters. The molecule has 1 aliphatic heterocycles. The van der Waals surface area contributed by atoms with Gasteiger partial charge in [-0.25, -0.2) is 5.84 Å². The normalized spacial score (nSPS) is 20.9. The standard InChI is InChI=1S/C12H19N3O3/c13-14-12(17)11-4-3-10(18-11)7-15-5-1-2-9(6-15)8-16/h3-4,9,16H,1-2,5-8,13H2,(H,14,17). The molecule has 2 rings (SSSR count). The highest BCUT2D eigenvalue weighted by Crippen LogP contribution is 2.19. The predicted molar refractivity (Wildman–Crippen MR) is 65.4 cm³/mol. The van der Waals surface area contributed by atoms with Crippen molar-refractivity contribution in [2.45, 2.75) is 19.4 Å². The van der Waals surface area contributed by atoms with Crippen LogP contribution >= 0.6 is 0 Å². The number of hydrogen-bond donors (Lipinski definition) is 3. The van der Waals surface area contributed by atoms with Crippen LogP contribution in [0.5, 0.6) is 0 Å². The van der Waals surface area contributed by atoms with E-state index in [9.17, 15) is 4.79 Å². The summed E-state index contributed by atoms with van der Waals surface area (Å²) >= 11 is 0. The van der Waals surface area contributed by atoms with Gasteiger partial charge in [-0.3, -0.25) is 15.1 Å². The van der Waals surface area contributed by atoms with Crippen LogP contribution in [0.15, 0.2) is 16.5 Å². The van der Waals surface area contributed by atoms with Gasteiger partial charge in [-0.1, -0.05) is 0 Å². The zero-order chi connectivity index (χ0) is 13.0. The van der Waals surface area contributed by atoms with Crippen molar-refractivity contribution >= 4 is 5.91 Å². The summed E-state index contributed by atoms with van der Waals surface area (Å²) in [6.07, 6.45) is 2.16. The molecule has 1 aliphatic rings. The van der Waals surface area contributed by atoms with Gasteiger partial charge in [0.2, 0.25) is 0 Å². The second-order valence-electron chi connectivity index (χ2n) is 4.67. The summed E-state index contributed by atoms with van der Waals surface area (Å²) < 4.78 is 5.41. The van der Waals surface area contributed by atoms with Gasteiger partial charge in [0.15, 0.2) is 5.76 Å². The molecule has 0 spiro atoms. The Hall–Kier alpha value is -1.37. The molecule has 0 aromatic carbocycles. The topological polar surface area (TPSA) is 91.7 Å². The number of aliphatic hydroxyl groups excluding tert-OH is 1. The number of nitrogens with two attached hydrogens (primary N) is 1. The summed E-state index contributed by atoms with van der Waals surface area (Å²) in [6.45, 7) is 2.76. The summed E-state index contributed by atoms with van der Waals surface area (Å²) in [7, 11) is 0. The van der Waals surface area contributed by atoms with Crippen LogP contribution in [0.3, 0.4) is 0 Å². The average Bonchev–Trinajstić information content (AvgIpc) is 2.86.